The molecule has 0 radical (unpaired) electrons. The Balaban J connectivity index is 1.69. The number of carbonyl (C=O) groups is 2. The highest BCUT2D eigenvalue weighted by atomic mass is 16.5. The second-order valence-corrected chi connectivity index (χ2v) is 6.04. The third-order valence-electron chi connectivity index (χ3n) is 4.28. The van der Waals surface area contributed by atoms with Crippen molar-refractivity contribution in [2.45, 2.75) is 38.6 Å². The molecule has 7 nitrogen and oxygen atoms in total. The van der Waals surface area contributed by atoms with Gasteiger partial charge < -0.3 is 14.5 Å². The van der Waals surface area contributed by atoms with Crippen LogP contribution < -0.4 is 5.32 Å². The summed E-state index contributed by atoms with van der Waals surface area (Å²) in [6.45, 7) is 1.21. The highest BCUT2D eigenvalue weighted by molar-refractivity contribution is 5.95. The molecule has 130 valence electrons. The summed E-state index contributed by atoms with van der Waals surface area (Å²) in [5, 5.41) is 12.3. The Morgan fingerprint density at radius 1 is 1.36 bits per heavy atom. The van der Waals surface area contributed by atoms with Crippen molar-refractivity contribution in [2.24, 2.45) is 0 Å². The number of nitrogens with zero attached hydrogens (tertiary/aromatic N) is 2. The minimum atomic E-state index is -0.738. The molecule has 0 unspecified atom stereocenters. The van der Waals surface area contributed by atoms with Gasteiger partial charge in [0.05, 0.1) is 0 Å². The van der Waals surface area contributed by atoms with Crippen molar-refractivity contribution in [1.82, 2.24) is 9.88 Å². The van der Waals surface area contributed by atoms with Crippen molar-refractivity contribution < 1.29 is 18.7 Å². The molecule has 0 aliphatic heterocycles. The van der Waals surface area contributed by atoms with E-state index in [1.807, 2.05) is 6.07 Å². The Morgan fingerprint density at radius 3 is 2.68 bits per heavy atom. The molecule has 25 heavy (non-hydrogen) atoms. The van der Waals surface area contributed by atoms with Crippen molar-refractivity contribution in [3.05, 3.63) is 41.4 Å². The number of nitriles is 1. The van der Waals surface area contributed by atoms with Gasteiger partial charge in [0.2, 0.25) is 5.88 Å². The van der Waals surface area contributed by atoms with E-state index in [1.165, 1.54) is 0 Å². The van der Waals surface area contributed by atoms with E-state index in [0.29, 0.717) is 0 Å². The van der Waals surface area contributed by atoms with Gasteiger partial charge in [0.1, 0.15) is 23.0 Å². The molecule has 7 heteroatoms. The smallest absolute Gasteiger partial charge is 0.343 e. The van der Waals surface area contributed by atoms with E-state index in [0.717, 1.165) is 25.7 Å². The monoisotopic (exact) mass is 341 g/mol. The second-order valence-electron chi connectivity index (χ2n) is 6.04. The number of rotatable bonds is 5. The zero-order valence-electron chi connectivity index (χ0n) is 13.9. The van der Waals surface area contributed by atoms with Crippen LogP contribution in [-0.4, -0.2) is 29.1 Å². The van der Waals surface area contributed by atoms with Crippen LogP contribution in [0.2, 0.25) is 0 Å². The van der Waals surface area contributed by atoms with E-state index in [-0.39, 0.29) is 41.3 Å². The summed E-state index contributed by atoms with van der Waals surface area (Å²) in [5.74, 6) is -0.530. The van der Waals surface area contributed by atoms with Crippen molar-refractivity contribution in [3.63, 3.8) is 0 Å². The van der Waals surface area contributed by atoms with Gasteiger partial charge in [0.15, 0.2) is 6.61 Å². The lowest BCUT2D eigenvalue weighted by molar-refractivity contribution is -0.124. The number of hydrogen-bond acceptors (Lipinski definition) is 5. The fraction of sp³-hybridized carbons (Fsp3) is 0.389. The van der Waals surface area contributed by atoms with Crippen LogP contribution in [0.5, 0.6) is 0 Å². The quantitative estimate of drug-likeness (QED) is 0.843. The first kappa shape index (κ1) is 16.8. The number of furan rings is 1. The Morgan fingerprint density at radius 2 is 2.04 bits per heavy atom. The summed E-state index contributed by atoms with van der Waals surface area (Å²) in [7, 11) is 0. The van der Waals surface area contributed by atoms with Gasteiger partial charge >= 0.3 is 5.97 Å². The van der Waals surface area contributed by atoms with E-state index in [2.05, 4.69) is 5.32 Å². The Labute approximate surface area is 145 Å². The van der Waals surface area contributed by atoms with Gasteiger partial charge in [0.25, 0.3) is 5.91 Å². The fourth-order valence-electron chi connectivity index (χ4n) is 3.07. The maximum absolute atomic E-state index is 12.3. The first-order chi connectivity index (χ1) is 12.1. The number of ether oxygens (including phenoxy) is 1. The van der Waals surface area contributed by atoms with Gasteiger partial charge in [-0.3, -0.25) is 9.36 Å². The predicted octanol–water partition coefficient (Wildman–Crippen LogP) is 2.47. The number of hydrogen-bond donors (Lipinski definition) is 1. The van der Waals surface area contributed by atoms with Crippen molar-refractivity contribution in [3.8, 4) is 12.0 Å². The van der Waals surface area contributed by atoms with Crippen LogP contribution in [0.4, 0.5) is 0 Å². The summed E-state index contributed by atoms with van der Waals surface area (Å²) in [5.41, 5.74) is 0.148. The lowest BCUT2D eigenvalue weighted by atomic mass is 10.1. The number of aryl methyl sites for hydroxylation is 1. The fourth-order valence-corrected chi connectivity index (χ4v) is 3.07. The summed E-state index contributed by atoms with van der Waals surface area (Å²) < 4.78 is 12.2. The molecule has 0 saturated heterocycles. The maximum atomic E-state index is 12.3. The van der Waals surface area contributed by atoms with Gasteiger partial charge in [-0.05, 0) is 31.9 Å². The largest absolute Gasteiger partial charge is 0.452 e. The van der Waals surface area contributed by atoms with Gasteiger partial charge in [-0.2, -0.15) is 5.26 Å². The maximum Gasteiger partial charge on any atom is 0.343 e. The topological polar surface area (TPSA) is 97.3 Å². The number of esters is 1. The molecule has 3 rings (SSSR count). The van der Waals surface area contributed by atoms with Crippen LogP contribution >= 0.6 is 0 Å². The number of carbonyl (C=O) groups excluding carboxylic acids is 2. The molecule has 2 aromatic heterocycles. The van der Waals surface area contributed by atoms with Gasteiger partial charge in [0, 0.05) is 18.4 Å². The predicted molar refractivity (Wildman–Crippen MR) is 88.2 cm³/mol. The van der Waals surface area contributed by atoms with Crippen LogP contribution in [0.3, 0.4) is 0 Å². The molecule has 0 atom stereocenters. The van der Waals surface area contributed by atoms with E-state index in [9.17, 15) is 14.9 Å². The molecule has 1 N–H and O–H groups in total. The molecule has 0 spiro atoms. The first-order valence-electron chi connectivity index (χ1n) is 8.23. The molecular weight excluding hydrogens is 322 g/mol. The van der Waals surface area contributed by atoms with Crippen molar-refractivity contribution >= 4 is 11.9 Å². The minimum Gasteiger partial charge on any atom is -0.452 e. The normalized spacial score (nSPS) is 14.2. The molecule has 1 amide bonds. The summed E-state index contributed by atoms with van der Waals surface area (Å²) in [6.07, 6.45) is 7.55. The molecule has 1 fully saturated rings. The Kier molecular flexibility index (Phi) is 4.89. The average Bonchev–Trinajstić information content (AvgIpc) is 3.32. The van der Waals surface area contributed by atoms with E-state index < -0.39 is 5.97 Å². The molecule has 1 aliphatic carbocycles. The Hall–Kier alpha value is -3.01. The van der Waals surface area contributed by atoms with E-state index in [4.69, 9.17) is 9.15 Å². The third kappa shape index (κ3) is 3.58. The molecule has 0 bridgehead atoms. The van der Waals surface area contributed by atoms with Gasteiger partial charge in [-0.15, -0.1) is 0 Å². The third-order valence-corrected chi connectivity index (χ3v) is 4.28. The highest BCUT2D eigenvalue weighted by Crippen LogP contribution is 2.26. The summed E-state index contributed by atoms with van der Waals surface area (Å²) in [6, 6.07) is 5.71. The van der Waals surface area contributed by atoms with E-state index >= 15 is 0 Å². The summed E-state index contributed by atoms with van der Waals surface area (Å²) in [4.78, 5) is 24.2. The minimum absolute atomic E-state index is 0.0554. The number of aromatic nitrogens is 1. The average molecular weight is 341 g/mol. The van der Waals surface area contributed by atoms with Crippen LogP contribution in [0.1, 0.15) is 47.4 Å². The van der Waals surface area contributed by atoms with Crippen LogP contribution in [-0.2, 0) is 9.53 Å². The molecule has 2 aromatic rings. The molecule has 0 aromatic carbocycles. The SMILES string of the molecule is Cc1oc(-n2cccc2)c(C#N)c1C(=O)OCC(=O)NC1CCCC1. The van der Waals surface area contributed by atoms with Gasteiger partial charge in [-0.1, -0.05) is 12.8 Å². The zero-order valence-corrected chi connectivity index (χ0v) is 13.9. The lowest BCUT2D eigenvalue weighted by Crippen LogP contribution is -2.36. The number of amides is 1. The second kappa shape index (κ2) is 7.26. The van der Waals surface area contributed by atoms with Gasteiger partial charge in [-0.25, -0.2) is 4.79 Å². The highest BCUT2D eigenvalue weighted by Gasteiger charge is 2.26. The van der Waals surface area contributed by atoms with Crippen LogP contribution in [0.25, 0.3) is 5.88 Å². The first-order valence-corrected chi connectivity index (χ1v) is 8.23. The van der Waals surface area contributed by atoms with Crippen molar-refractivity contribution in [1.29, 1.82) is 5.26 Å². The zero-order chi connectivity index (χ0) is 17.8. The molecule has 2 heterocycles. The molecular formula is C18H19N3O4. The van der Waals surface area contributed by atoms with Crippen LogP contribution in [0, 0.1) is 18.3 Å². The Bertz CT molecular complexity index is 808. The molecule has 1 aliphatic rings. The van der Waals surface area contributed by atoms with Crippen LogP contribution in [0.15, 0.2) is 28.9 Å². The number of nitrogens with one attached hydrogen (secondary N) is 1. The van der Waals surface area contributed by atoms with Crippen molar-refractivity contribution in [2.75, 3.05) is 6.61 Å². The molecule has 1 saturated carbocycles. The lowest BCUT2D eigenvalue weighted by Gasteiger charge is -2.11. The van der Waals surface area contributed by atoms with E-state index in [1.54, 1.807) is 36.0 Å². The standard InChI is InChI=1S/C18H19N3O4/c1-12-16(14(10-19)17(25-12)21-8-4-5-9-21)18(23)24-11-15(22)20-13-6-2-3-7-13/h4-5,8-9,13H,2-3,6-7,11H2,1H3,(H,20,22). The summed E-state index contributed by atoms with van der Waals surface area (Å²) >= 11 is 0.